The number of fused-ring (bicyclic) bond motifs is 1. The average Bonchev–Trinajstić information content (AvgIpc) is 3.25. The molecule has 0 bridgehead atoms. The van der Waals surface area contributed by atoms with Crippen LogP contribution in [0.25, 0.3) is 11.8 Å². The number of ether oxygens (including phenoxy) is 1. The first kappa shape index (κ1) is 20.5. The van der Waals surface area contributed by atoms with Crippen molar-refractivity contribution >= 4 is 11.9 Å². The molecule has 0 aliphatic carbocycles. The number of imidazole rings is 1. The van der Waals surface area contributed by atoms with Crippen LogP contribution < -0.4 is 4.74 Å². The minimum atomic E-state index is -0.234. The summed E-state index contributed by atoms with van der Waals surface area (Å²) in [5.74, 6) is 1.39. The Morgan fingerprint density at radius 3 is 2.78 bits per heavy atom. The van der Waals surface area contributed by atoms with Crippen LogP contribution >= 0.6 is 0 Å². The van der Waals surface area contributed by atoms with E-state index in [1.165, 1.54) is 12.1 Å². The molecule has 2 aliphatic heterocycles. The van der Waals surface area contributed by atoms with Crippen molar-refractivity contribution in [3.8, 4) is 11.4 Å². The Morgan fingerprint density at radius 1 is 1.19 bits per heavy atom. The summed E-state index contributed by atoms with van der Waals surface area (Å²) in [5.41, 5.74) is 5.07. The predicted molar refractivity (Wildman–Crippen MR) is 121 cm³/mol. The fourth-order valence-corrected chi connectivity index (χ4v) is 4.26. The lowest BCUT2D eigenvalue weighted by atomic mass is 9.98. The molecule has 0 spiro atoms. The summed E-state index contributed by atoms with van der Waals surface area (Å²) >= 11 is 0. The van der Waals surface area contributed by atoms with Crippen molar-refractivity contribution in [3.05, 3.63) is 83.2 Å². The second-order valence-electron chi connectivity index (χ2n) is 7.99. The van der Waals surface area contributed by atoms with Crippen LogP contribution in [-0.4, -0.2) is 40.7 Å². The van der Waals surface area contributed by atoms with Crippen molar-refractivity contribution in [2.24, 2.45) is 4.99 Å². The first-order valence-electron chi connectivity index (χ1n) is 10.7. The van der Waals surface area contributed by atoms with Crippen molar-refractivity contribution in [1.29, 1.82) is 0 Å². The number of amidine groups is 1. The van der Waals surface area contributed by atoms with Crippen molar-refractivity contribution in [2.45, 2.75) is 25.8 Å². The van der Waals surface area contributed by atoms with E-state index in [-0.39, 0.29) is 11.9 Å². The lowest BCUT2D eigenvalue weighted by Gasteiger charge is -2.40. The monoisotopic (exact) mass is 432 g/mol. The molecule has 6 nitrogen and oxygen atoms in total. The van der Waals surface area contributed by atoms with E-state index in [2.05, 4.69) is 17.1 Å². The highest BCUT2D eigenvalue weighted by molar-refractivity contribution is 6.02. The highest BCUT2D eigenvalue weighted by Crippen LogP contribution is 2.34. The van der Waals surface area contributed by atoms with E-state index in [0.717, 1.165) is 52.5 Å². The van der Waals surface area contributed by atoms with Gasteiger partial charge in [0.05, 0.1) is 37.5 Å². The number of nitrogens with zero attached hydrogens (tertiary/aromatic N) is 4. The molecule has 2 aliphatic rings. The minimum Gasteiger partial charge on any atom is -0.495 e. The summed E-state index contributed by atoms with van der Waals surface area (Å²) in [5, 5.41) is 1.89. The van der Waals surface area contributed by atoms with Crippen molar-refractivity contribution in [2.75, 3.05) is 20.3 Å². The summed E-state index contributed by atoms with van der Waals surface area (Å²) in [7, 11) is 1.67. The summed E-state index contributed by atoms with van der Waals surface area (Å²) in [6.07, 6.45) is 7.51. The standard InChI is InChI=1S/C25H25FN4O2/c1-17-15-29(16-28-17)23-8-3-18(14-24(23)31-2)13-20-10-12-32-30-22(9-11-27-25(20)30)19-4-6-21(26)7-5-19/h3-8,13-16,22H,9-12H2,1-2H3/b20-13+. The minimum absolute atomic E-state index is 0.0215. The molecule has 1 fully saturated rings. The van der Waals surface area contributed by atoms with Gasteiger partial charge in [-0.15, -0.1) is 0 Å². The van der Waals surface area contributed by atoms with Crippen LogP contribution in [0.5, 0.6) is 5.75 Å². The van der Waals surface area contributed by atoms with Gasteiger partial charge in [-0.05, 0) is 60.4 Å². The van der Waals surface area contributed by atoms with E-state index in [1.54, 1.807) is 13.4 Å². The molecule has 1 saturated heterocycles. The lowest BCUT2D eigenvalue weighted by molar-refractivity contribution is -0.141. The fraction of sp³-hybridized carbons (Fsp3) is 0.280. The number of hydroxylamine groups is 2. The maximum absolute atomic E-state index is 13.4. The van der Waals surface area contributed by atoms with Gasteiger partial charge in [0.15, 0.2) is 5.84 Å². The number of halogens is 1. The quantitative estimate of drug-likeness (QED) is 0.589. The highest BCUT2D eigenvalue weighted by atomic mass is 19.1. The highest BCUT2D eigenvalue weighted by Gasteiger charge is 2.32. The van der Waals surface area contributed by atoms with Gasteiger partial charge in [-0.2, -0.15) is 0 Å². The zero-order valence-electron chi connectivity index (χ0n) is 18.2. The maximum Gasteiger partial charge on any atom is 0.151 e. The van der Waals surface area contributed by atoms with E-state index in [0.29, 0.717) is 13.2 Å². The molecular formula is C25H25FN4O2. The second-order valence-corrected chi connectivity index (χ2v) is 7.99. The average molecular weight is 432 g/mol. The van der Waals surface area contributed by atoms with E-state index < -0.39 is 0 Å². The molecule has 1 unspecified atom stereocenters. The van der Waals surface area contributed by atoms with Crippen LogP contribution in [0.4, 0.5) is 4.39 Å². The number of aromatic nitrogens is 2. The number of aliphatic imine (C=N–C) groups is 1. The zero-order valence-corrected chi connectivity index (χ0v) is 18.2. The molecule has 5 rings (SSSR count). The third-order valence-electron chi connectivity index (χ3n) is 5.83. The third kappa shape index (κ3) is 3.91. The summed E-state index contributed by atoms with van der Waals surface area (Å²) in [4.78, 5) is 15.1. The van der Waals surface area contributed by atoms with Crippen LogP contribution in [-0.2, 0) is 4.84 Å². The molecule has 1 atom stereocenters. The van der Waals surface area contributed by atoms with Crippen LogP contribution in [0.1, 0.15) is 35.7 Å². The first-order valence-corrected chi connectivity index (χ1v) is 10.7. The van der Waals surface area contributed by atoms with Crippen LogP contribution in [0.15, 0.2) is 65.6 Å². The van der Waals surface area contributed by atoms with Crippen molar-refractivity contribution in [1.82, 2.24) is 14.6 Å². The Bertz CT molecular complexity index is 1180. The molecule has 0 radical (unpaired) electrons. The van der Waals surface area contributed by atoms with Gasteiger partial charge in [-0.25, -0.2) is 14.4 Å². The third-order valence-corrected chi connectivity index (χ3v) is 5.83. The zero-order chi connectivity index (χ0) is 22.1. The molecule has 0 saturated carbocycles. The van der Waals surface area contributed by atoms with Gasteiger partial charge in [0, 0.05) is 19.2 Å². The number of aryl methyl sites for hydroxylation is 1. The SMILES string of the molecule is COc1cc(/C=C2\CCON3C2=NCCC3c2ccc(F)cc2)ccc1-n1cnc(C)c1. The molecule has 3 heterocycles. The fourth-order valence-electron chi connectivity index (χ4n) is 4.26. The number of rotatable bonds is 4. The van der Waals surface area contributed by atoms with Gasteiger partial charge in [0.2, 0.25) is 0 Å². The smallest absolute Gasteiger partial charge is 0.151 e. The normalized spacial score (nSPS) is 19.6. The molecule has 7 heteroatoms. The number of hydrogen-bond donors (Lipinski definition) is 0. The van der Waals surface area contributed by atoms with E-state index in [1.807, 2.05) is 47.0 Å². The summed E-state index contributed by atoms with van der Waals surface area (Å²) in [6, 6.07) is 12.8. The van der Waals surface area contributed by atoms with E-state index in [9.17, 15) is 4.39 Å². The molecule has 0 N–H and O–H groups in total. The van der Waals surface area contributed by atoms with Crippen LogP contribution in [0.3, 0.4) is 0 Å². The van der Waals surface area contributed by atoms with Gasteiger partial charge in [-0.1, -0.05) is 18.2 Å². The summed E-state index contributed by atoms with van der Waals surface area (Å²) in [6.45, 7) is 3.24. The van der Waals surface area contributed by atoms with Gasteiger partial charge in [-0.3, -0.25) is 9.83 Å². The molecular weight excluding hydrogens is 407 g/mol. The number of hydrogen-bond acceptors (Lipinski definition) is 5. The van der Waals surface area contributed by atoms with Gasteiger partial charge in [0.1, 0.15) is 11.6 Å². The molecule has 32 heavy (non-hydrogen) atoms. The Labute approximate surface area is 186 Å². The molecule has 2 aromatic carbocycles. The maximum atomic E-state index is 13.4. The lowest BCUT2D eigenvalue weighted by Crippen LogP contribution is -2.43. The largest absolute Gasteiger partial charge is 0.495 e. The second kappa shape index (κ2) is 8.59. The van der Waals surface area contributed by atoms with Crippen LogP contribution in [0, 0.1) is 12.7 Å². The Kier molecular flexibility index (Phi) is 5.49. The van der Waals surface area contributed by atoms with Crippen LogP contribution in [0.2, 0.25) is 0 Å². The molecule has 164 valence electrons. The Balaban J connectivity index is 1.45. The van der Waals surface area contributed by atoms with E-state index in [4.69, 9.17) is 14.6 Å². The molecule has 3 aromatic rings. The topological polar surface area (TPSA) is 51.9 Å². The number of benzene rings is 2. The molecule has 0 amide bonds. The van der Waals surface area contributed by atoms with Gasteiger partial charge >= 0.3 is 0 Å². The predicted octanol–water partition coefficient (Wildman–Crippen LogP) is 4.89. The number of methoxy groups -OCH3 is 1. The first-order chi connectivity index (χ1) is 15.6. The molecule has 1 aromatic heterocycles. The van der Waals surface area contributed by atoms with Gasteiger partial charge < -0.3 is 9.30 Å². The van der Waals surface area contributed by atoms with Crippen molar-refractivity contribution in [3.63, 3.8) is 0 Å². The Hall–Kier alpha value is -3.45. The van der Waals surface area contributed by atoms with Gasteiger partial charge in [0.25, 0.3) is 0 Å². The summed E-state index contributed by atoms with van der Waals surface area (Å²) < 4.78 is 21.0. The van der Waals surface area contributed by atoms with Crippen molar-refractivity contribution < 1.29 is 14.0 Å². The van der Waals surface area contributed by atoms with E-state index >= 15 is 0 Å². The Morgan fingerprint density at radius 2 is 2.03 bits per heavy atom.